The Kier molecular flexibility index (Phi) is 4.39. The minimum absolute atomic E-state index is 0.0331. The Hall–Kier alpha value is -1.88. The van der Waals surface area contributed by atoms with Gasteiger partial charge in [0, 0.05) is 5.56 Å². The number of halogens is 2. The van der Waals surface area contributed by atoms with Gasteiger partial charge in [0.2, 0.25) is 0 Å². The third-order valence-electron chi connectivity index (χ3n) is 2.78. The minimum Gasteiger partial charge on any atom is -0.488 e. The molecule has 0 fully saturated rings. The van der Waals surface area contributed by atoms with Gasteiger partial charge in [-0.3, -0.25) is 0 Å². The number of hydrogen-bond acceptors (Lipinski definition) is 2. The molecular formula is C15H12BrFO3. The highest BCUT2D eigenvalue weighted by atomic mass is 79.9. The summed E-state index contributed by atoms with van der Waals surface area (Å²) in [6.07, 6.45) is 0. The fraction of sp³-hybridized carbons (Fsp3) is 0.133. The second-order valence-corrected chi connectivity index (χ2v) is 5.16. The molecule has 0 spiro atoms. The summed E-state index contributed by atoms with van der Waals surface area (Å²) in [5.41, 5.74) is 0.926. The van der Waals surface area contributed by atoms with Crippen molar-refractivity contribution in [3.8, 4) is 5.75 Å². The van der Waals surface area contributed by atoms with Gasteiger partial charge in [0.05, 0.1) is 10.0 Å². The molecule has 0 aromatic heterocycles. The normalized spacial score (nSPS) is 10.3. The van der Waals surface area contributed by atoms with Crippen LogP contribution < -0.4 is 4.74 Å². The maximum atomic E-state index is 13.9. The lowest BCUT2D eigenvalue weighted by Gasteiger charge is -2.10. The molecule has 0 bridgehead atoms. The number of carboxylic acids is 1. The lowest BCUT2D eigenvalue weighted by Crippen LogP contribution is -2.06. The van der Waals surface area contributed by atoms with Crippen LogP contribution >= 0.6 is 15.9 Å². The van der Waals surface area contributed by atoms with Gasteiger partial charge in [0.1, 0.15) is 18.2 Å². The van der Waals surface area contributed by atoms with Crippen LogP contribution in [0.2, 0.25) is 0 Å². The van der Waals surface area contributed by atoms with Gasteiger partial charge in [-0.05, 0) is 46.6 Å². The summed E-state index contributed by atoms with van der Waals surface area (Å²) in [5, 5.41) is 8.86. The van der Waals surface area contributed by atoms with E-state index in [-0.39, 0.29) is 17.7 Å². The Morgan fingerprint density at radius 2 is 2.10 bits per heavy atom. The van der Waals surface area contributed by atoms with Crippen molar-refractivity contribution in [2.75, 3.05) is 0 Å². The topological polar surface area (TPSA) is 46.5 Å². The molecule has 0 heterocycles. The van der Waals surface area contributed by atoms with Gasteiger partial charge in [-0.2, -0.15) is 0 Å². The lowest BCUT2D eigenvalue weighted by molar-refractivity contribution is 0.0691. The molecule has 2 aromatic carbocycles. The smallest absolute Gasteiger partial charge is 0.338 e. The van der Waals surface area contributed by atoms with Crippen molar-refractivity contribution in [2.45, 2.75) is 13.5 Å². The molecule has 0 aliphatic rings. The number of ether oxygens (including phenoxy) is 1. The summed E-state index contributed by atoms with van der Waals surface area (Å²) < 4.78 is 20.2. The van der Waals surface area contributed by atoms with Gasteiger partial charge < -0.3 is 9.84 Å². The summed E-state index contributed by atoms with van der Waals surface area (Å²) in [6.45, 7) is 1.92. The minimum atomic E-state index is -1.29. The van der Waals surface area contributed by atoms with Crippen molar-refractivity contribution in [3.05, 3.63) is 63.4 Å². The highest BCUT2D eigenvalue weighted by Crippen LogP contribution is 2.27. The summed E-state index contributed by atoms with van der Waals surface area (Å²) in [7, 11) is 0. The molecule has 104 valence electrons. The van der Waals surface area contributed by atoms with Gasteiger partial charge in [0.25, 0.3) is 0 Å². The summed E-state index contributed by atoms with van der Waals surface area (Å²) in [6, 6.07) is 9.77. The Morgan fingerprint density at radius 1 is 1.35 bits per heavy atom. The predicted molar refractivity (Wildman–Crippen MR) is 76.6 cm³/mol. The van der Waals surface area contributed by atoms with Gasteiger partial charge >= 0.3 is 5.97 Å². The van der Waals surface area contributed by atoms with Crippen LogP contribution in [0.5, 0.6) is 5.75 Å². The summed E-state index contributed by atoms with van der Waals surface area (Å²) >= 11 is 3.36. The van der Waals surface area contributed by atoms with E-state index in [4.69, 9.17) is 9.84 Å². The van der Waals surface area contributed by atoms with E-state index in [0.717, 1.165) is 10.0 Å². The molecule has 2 rings (SSSR count). The van der Waals surface area contributed by atoms with Gasteiger partial charge in [-0.25, -0.2) is 9.18 Å². The number of rotatable bonds is 4. The number of carbonyl (C=O) groups is 1. The van der Waals surface area contributed by atoms with Gasteiger partial charge in [-0.15, -0.1) is 0 Å². The van der Waals surface area contributed by atoms with E-state index in [9.17, 15) is 9.18 Å². The average molecular weight is 339 g/mol. The number of carboxylic acid groups (broad SMARTS) is 1. The standard InChI is InChI=1S/C15H12BrFO3/c1-9-5-6-13(12(16)7-9)20-8-10-3-2-4-11(14(10)17)15(18)19/h2-7H,8H2,1H3,(H,18,19). The molecule has 5 heteroatoms. The molecule has 0 saturated carbocycles. The van der Waals surface area contributed by atoms with E-state index in [2.05, 4.69) is 15.9 Å². The molecule has 0 aliphatic heterocycles. The lowest BCUT2D eigenvalue weighted by atomic mass is 10.1. The molecule has 0 saturated heterocycles. The average Bonchev–Trinajstić information content (AvgIpc) is 2.39. The first-order valence-electron chi connectivity index (χ1n) is 5.88. The number of aromatic carboxylic acids is 1. The largest absolute Gasteiger partial charge is 0.488 e. The molecule has 0 radical (unpaired) electrons. The number of benzene rings is 2. The van der Waals surface area contributed by atoms with Crippen LogP contribution in [0, 0.1) is 12.7 Å². The molecule has 0 amide bonds. The van der Waals surface area contributed by atoms with Crippen molar-refractivity contribution in [1.29, 1.82) is 0 Å². The SMILES string of the molecule is Cc1ccc(OCc2cccc(C(=O)O)c2F)c(Br)c1. The molecule has 3 nitrogen and oxygen atoms in total. The first-order chi connectivity index (χ1) is 9.49. The maximum absolute atomic E-state index is 13.9. The molecule has 1 N–H and O–H groups in total. The van der Waals surface area contributed by atoms with Crippen LogP contribution in [0.15, 0.2) is 40.9 Å². The van der Waals surface area contributed by atoms with E-state index in [1.54, 1.807) is 6.07 Å². The highest BCUT2D eigenvalue weighted by Gasteiger charge is 2.14. The van der Waals surface area contributed by atoms with Crippen LogP contribution in [0.3, 0.4) is 0 Å². The number of hydrogen-bond donors (Lipinski definition) is 1. The van der Waals surface area contributed by atoms with Crippen molar-refractivity contribution >= 4 is 21.9 Å². The van der Waals surface area contributed by atoms with E-state index >= 15 is 0 Å². The van der Waals surface area contributed by atoms with E-state index in [1.165, 1.54) is 18.2 Å². The first-order valence-corrected chi connectivity index (χ1v) is 6.68. The molecule has 0 unspecified atom stereocenters. The third kappa shape index (κ3) is 3.17. The van der Waals surface area contributed by atoms with E-state index in [1.807, 2.05) is 19.1 Å². The fourth-order valence-corrected chi connectivity index (χ4v) is 2.34. The predicted octanol–water partition coefficient (Wildman–Crippen LogP) is 4.17. The molecule has 20 heavy (non-hydrogen) atoms. The van der Waals surface area contributed by atoms with Crippen LogP contribution in [0.4, 0.5) is 4.39 Å². The van der Waals surface area contributed by atoms with E-state index in [0.29, 0.717) is 5.75 Å². The second-order valence-electron chi connectivity index (χ2n) is 4.31. The molecule has 0 atom stereocenters. The summed E-state index contributed by atoms with van der Waals surface area (Å²) in [5.74, 6) is -1.47. The molecular weight excluding hydrogens is 327 g/mol. The van der Waals surface area contributed by atoms with Crippen LogP contribution in [0.25, 0.3) is 0 Å². The first kappa shape index (κ1) is 14.5. The Labute approximate surface area is 124 Å². The Balaban J connectivity index is 2.19. The second kappa shape index (κ2) is 6.05. The fourth-order valence-electron chi connectivity index (χ4n) is 1.73. The van der Waals surface area contributed by atoms with Gasteiger partial charge in [-0.1, -0.05) is 18.2 Å². The quantitative estimate of drug-likeness (QED) is 0.909. The highest BCUT2D eigenvalue weighted by molar-refractivity contribution is 9.10. The van der Waals surface area contributed by atoms with E-state index < -0.39 is 11.8 Å². The van der Waals surface area contributed by atoms with Crippen LogP contribution in [0.1, 0.15) is 21.5 Å². The number of aryl methyl sites for hydroxylation is 1. The molecule has 2 aromatic rings. The van der Waals surface area contributed by atoms with Crippen LogP contribution in [-0.2, 0) is 6.61 Å². The summed E-state index contributed by atoms with van der Waals surface area (Å²) in [4.78, 5) is 10.9. The Bertz CT molecular complexity index is 656. The Morgan fingerprint density at radius 3 is 2.75 bits per heavy atom. The van der Waals surface area contributed by atoms with Crippen molar-refractivity contribution < 1.29 is 19.0 Å². The zero-order valence-electron chi connectivity index (χ0n) is 10.7. The monoisotopic (exact) mass is 338 g/mol. The third-order valence-corrected chi connectivity index (χ3v) is 3.40. The van der Waals surface area contributed by atoms with Crippen LogP contribution in [-0.4, -0.2) is 11.1 Å². The zero-order valence-corrected chi connectivity index (χ0v) is 12.3. The zero-order chi connectivity index (χ0) is 14.7. The molecule has 0 aliphatic carbocycles. The maximum Gasteiger partial charge on any atom is 0.338 e. The van der Waals surface area contributed by atoms with Crippen molar-refractivity contribution in [1.82, 2.24) is 0 Å². The van der Waals surface area contributed by atoms with Gasteiger partial charge in [0.15, 0.2) is 0 Å². The van der Waals surface area contributed by atoms with Crippen molar-refractivity contribution in [2.24, 2.45) is 0 Å². The van der Waals surface area contributed by atoms with Crippen molar-refractivity contribution in [3.63, 3.8) is 0 Å².